The average molecular weight is 247 g/mol. The second-order valence-electron chi connectivity index (χ2n) is 5.15. The van der Waals surface area contributed by atoms with Crippen LogP contribution in [0.3, 0.4) is 0 Å². The van der Waals surface area contributed by atoms with Crippen LogP contribution in [0.25, 0.3) is 0 Å². The second-order valence-corrected chi connectivity index (χ2v) is 5.15. The third-order valence-corrected chi connectivity index (χ3v) is 3.89. The Labute approximate surface area is 104 Å². The summed E-state index contributed by atoms with van der Waals surface area (Å²) in [6, 6.07) is 0.799. The molecule has 2 fully saturated rings. The lowest BCUT2D eigenvalue weighted by Gasteiger charge is -2.29. The summed E-state index contributed by atoms with van der Waals surface area (Å²) in [6.07, 6.45) is 7.80. The van der Waals surface area contributed by atoms with Crippen LogP contribution < -0.4 is 5.73 Å². The molecule has 2 aliphatic carbocycles. The summed E-state index contributed by atoms with van der Waals surface area (Å²) in [5.41, 5.74) is 6.05. The van der Waals surface area contributed by atoms with Crippen molar-refractivity contribution in [3.05, 3.63) is 0 Å². The molecule has 0 saturated heterocycles. The van der Waals surface area contributed by atoms with Crippen LogP contribution in [0, 0.1) is 5.92 Å². The molecule has 0 spiro atoms. The van der Waals surface area contributed by atoms with Gasteiger partial charge >= 0.3 is 0 Å². The first-order chi connectivity index (χ1) is 7.18. The highest BCUT2D eigenvalue weighted by molar-refractivity contribution is 5.85. The van der Waals surface area contributed by atoms with Crippen LogP contribution in [-0.2, 0) is 4.79 Å². The Morgan fingerprint density at radius 3 is 2.44 bits per heavy atom. The van der Waals surface area contributed by atoms with Crippen molar-refractivity contribution in [3.8, 4) is 0 Å². The first kappa shape index (κ1) is 13.8. The van der Waals surface area contributed by atoms with Crippen LogP contribution in [-0.4, -0.2) is 29.9 Å². The van der Waals surface area contributed by atoms with E-state index in [0.29, 0.717) is 24.3 Å². The minimum atomic E-state index is 0. The SMILES string of the molecule is CN(C(=O)CC1CCCCC1N)C1CC1.Cl. The predicted molar refractivity (Wildman–Crippen MR) is 67.6 cm³/mol. The summed E-state index contributed by atoms with van der Waals surface area (Å²) in [5.74, 6) is 0.743. The van der Waals surface area contributed by atoms with Gasteiger partial charge in [0.2, 0.25) is 5.91 Å². The van der Waals surface area contributed by atoms with E-state index in [1.807, 2.05) is 11.9 Å². The van der Waals surface area contributed by atoms with Gasteiger partial charge in [0.1, 0.15) is 0 Å². The van der Waals surface area contributed by atoms with Crippen molar-refractivity contribution in [3.63, 3.8) is 0 Å². The van der Waals surface area contributed by atoms with Gasteiger partial charge < -0.3 is 10.6 Å². The van der Waals surface area contributed by atoms with Gasteiger partial charge in [0.15, 0.2) is 0 Å². The number of hydrogen-bond donors (Lipinski definition) is 1. The molecule has 2 unspecified atom stereocenters. The summed E-state index contributed by atoms with van der Waals surface area (Å²) in [5, 5.41) is 0. The number of nitrogens with two attached hydrogens (primary N) is 1. The topological polar surface area (TPSA) is 46.3 Å². The van der Waals surface area contributed by atoms with E-state index in [-0.39, 0.29) is 18.4 Å². The van der Waals surface area contributed by atoms with Gasteiger partial charge in [-0.1, -0.05) is 12.8 Å². The minimum absolute atomic E-state index is 0. The second kappa shape index (κ2) is 5.87. The van der Waals surface area contributed by atoms with Crippen molar-refractivity contribution in [2.24, 2.45) is 11.7 Å². The van der Waals surface area contributed by atoms with Crippen molar-refractivity contribution in [1.29, 1.82) is 0 Å². The van der Waals surface area contributed by atoms with Gasteiger partial charge in [-0.05, 0) is 31.6 Å². The van der Waals surface area contributed by atoms with Gasteiger partial charge in [-0.15, -0.1) is 12.4 Å². The standard InChI is InChI=1S/C12H22N2O.ClH/c1-14(10-6-7-10)12(15)8-9-4-2-3-5-11(9)13;/h9-11H,2-8,13H2,1H3;1H. The Hall–Kier alpha value is -0.280. The zero-order valence-corrected chi connectivity index (χ0v) is 10.8. The molecule has 0 bridgehead atoms. The average Bonchev–Trinajstić information content (AvgIpc) is 3.04. The number of carbonyl (C=O) groups excluding carboxylic acids is 1. The van der Waals surface area contributed by atoms with E-state index in [9.17, 15) is 4.79 Å². The molecule has 0 aromatic rings. The Bertz CT molecular complexity index is 243. The van der Waals surface area contributed by atoms with Crippen molar-refractivity contribution in [1.82, 2.24) is 4.90 Å². The van der Waals surface area contributed by atoms with Crippen LogP contribution in [0.1, 0.15) is 44.9 Å². The molecule has 0 radical (unpaired) electrons. The maximum absolute atomic E-state index is 11.9. The number of amides is 1. The number of carbonyl (C=O) groups is 1. The molecule has 0 aromatic carbocycles. The fraction of sp³-hybridized carbons (Fsp3) is 0.917. The maximum atomic E-state index is 11.9. The van der Waals surface area contributed by atoms with Gasteiger partial charge in [0.25, 0.3) is 0 Å². The number of nitrogens with zero attached hydrogens (tertiary/aromatic N) is 1. The van der Waals surface area contributed by atoms with Gasteiger partial charge in [-0.2, -0.15) is 0 Å². The van der Waals surface area contributed by atoms with Gasteiger partial charge in [0.05, 0.1) is 0 Å². The molecule has 1 amide bonds. The van der Waals surface area contributed by atoms with Gasteiger partial charge in [-0.25, -0.2) is 0 Å². The molecular weight excluding hydrogens is 224 g/mol. The van der Waals surface area contributed by atoms with Crippen LogP contribution in [0.15, 0.2) is 0 Å². The smallest absolute Gasteiger partial charge is 0.222 e. The fourth-order valence-corrected chi connectivity index (χ4v) is 2.52. The van der Waals surface area contributed by atoms with Crippen LogP contribution in [0.5, 0.6) is 0 Å². The Balaban J connectivity index is 0.00000128. The highest BCUT2D eigenvalue weighted by atomic mass is 35.5. The summed E-state index contributed by atoms with van der Waals surface area (Å²) in [4.78, 5) is 13.8. The van der Waals surface area contributed by atoms with E-state index in [4.69, 9.17) is 5.73 Å². The fourth-order valence-electron chi connectivity index (χ4n) is 2.52. The Kier molecular flexibility index (Phi) is 5.06. The molecule has 0 aromatic heterocycles. The summed E-state index contributed by atoms with van der Waals surface area (Å²) in [6.45, 7) is 0. The molecule has 0 aliphatic heterocycles. The molecule has 16 heavy (non-hydrogen) atoms. The quantitative estimate of drug-likeness (QED) is 0.827. The van der Waals surface area contributed by atoms with Crippen LogP contribution >= 0.6 is 12.4 Å². The van der Waals surface area contributed by atoms with Crippen LogP contribution in [0.4, 0.5) is 0 Å². The van der Waals surface area contributed by atoms with Crippen molar-refractivity contribution in [2.75, 3.05) is 7.05 Å². The lowest BCUT2D eigenvalue weighted by molar-refractivity contribution is -0.131. The summed E-state index contributed by atoms with van der Waals surface area (Å²) < 4.78 is 0. The first-order valence-corrected chi connectivity index (χ1v) is 6.19. The van der Waals surface area contributed by atoms with E-state index in [1.165, 1.54) is 25.7 Å². The molecule has 2 rings (SSSR count). The zero-order valence-electron chi connectivity index (χ0n) is 10.0. The maximum Gasteiger partial charge on any atom is 0.222 e. The predicted octanol–water partition coefficient (Wildman–Crippen LogP) is 1.94. The largest absolute Gasteiger partial charge is 0.343 e. The molecule has 3 nitrogen and oxygen atoms in total. The molecule has 94 valence electrons. The van der Waals surface area contributed by atoms with E-state index in [1.54, 1.807) is 0 Å². The van der Waals surface area contributed by atoms with Crippen molar-refractivity contribution < 1.29 is 4.79 Å². The summed E-state index contributed by atoms with van der Waals surface area (Å²) in [7, 11) is 1.94. The first-order valence-electron chi connectivity index (χ1n) is 6.19. The Morgan fingerprint density at radius 2 is 1.88 bits per heavy atom. The molecule has 2 N–H and O–H groups in total. The Morgan fingerprint density at radius 1 is 1.25 bits per heavy atom. The third kappa shape index (κ3) is 3.36. The lowest BCUT2D eigenvalue weighted by atomic mass is 9.83. The highest BCUT2D eigenvalue weighted by Gasteiger charge is 2.32. The summed E-state index contributed by atoms with van der Waals surface area (Å²) >= 11 is 0. The number of rotatable bonds is 3. The molecule has 0 heterocycles. The van der Waals surface area contributed by atoms with E-state index in [0.717, 1.165) is 12.8 Å². The third-order valence-electron chi connectivity index (χ3n) is 3.89. The number of hydrogen-bond acceptors (Lipinski definition) is 2. The van der Waals surface area contributed by atoms with Gasteiger partial charge in [-0.3, -0.25) is 4.79 Å². The van der Waals surface area contributed by atoms with E-state index < -0.39 is 0 Å². The molecular formula is C12H23ClN2O. The molecule has 4 heteroatoms. The zero-order chi connectivity index (χ0) is 10.8. The lowest BCUT2D eigenvalue weighted by Crippen LogP contribution is -2.38. The van der Waals surface area contributed by atoms with Crippen LogP contribution in [0.2, 0.25) is 0 Å². The normalized spacial score (nSPS) is 29.4. The highest BCUT2D eigenvalue weighted by Crippen LogP contribution is 2.29. The molecule has 2 aliphatic rings. The van der Waals surface area contributed by atoms with Crippen molar-refractivity contribution in [2.45, 2.75) is 57.0 Å². The van der Waals surface area contributed by atoms with Gasteiger partial charge in [0, 0.05) is 25.6 Å². The molecule has 2 atom stereocenters. The molecule has 2 saturated carbocycles. The minimum Gasteiger partial charge on any atom is -0.343 e. The van der Waals surface area contributed by atoms with E-state index in [2.05, 4.69) is 0 Å². The monoisotopic (exact) mass is 246 g/mol. The van der Waals surface area contributed by atoms with E-state index >= 15 is 0 Å². The number of halogens is 1. The van der Waals surface area contributed by atoms with Crippen molar-refractivity contribution >= 4 is 18.3 Å².